The highest BCUT2D eigenvalue weighted by Crippen LogP contribution is 2.25. The highest BCUT2D eigenvalue weighted by molar-refractivity contribution is 9.10. The minimum absolute atomic E-state index is 0.863. The Morgan fingerprint density at radius 2 is 1.95 bits per heavy atom. The van der Waals surface area contributed by atoms with E-state index in [0.29, 0.717) is 0 Å². The van der Waals surface area contributed by atoms with E-state index < -0.39 is 0 Å². The quantitative estimate of drug-likeness (QED) is 0.822. The minimum Gasteiger partial charge on any atom is -0.309 e. The third-order valence-electron chi connectivity index (χ3n) is 4.16. The van der Waals surface area contributed by atoms with Crippen LogP contribution in [-0.4, -0.2) is 53.3 Å². The molecule has 2 rings (SSSR count). The van der Waals surface area contributed by atoms with Crippen LogP contribution in [-0.2, 0) is 13.1 Å². The number of piperidine rings is 1. The molecular formula is C15H27BrN4. The zero-order valence-electron chi connectivity index (χ0n) is 13.2. The van der Waals surface area contributed by atoms with Crippen molar-refractivity contribution >= 4 is 15.9 Å². The second-order valence-electron chi connectivity index (χ2n) is 6.14. The molecule has 2 heterocycles. The monoisotopic (exact) mass is 342 g/mol. The third-order valence-corrected chi connectivity index (χ3v) is 5.19. The third kappa shape index (κ3) is 3.83. The van der Waals surface area contributed by atoms with Crippen molar-refractivity contribution in [3.05, 3.63) is 15.9 Å². The van der Waals surface area contributed by atoms with Crippen molar-refractivity contribution in [2.75, 3.05) is 33.7 Å². The summed E-state index contributed by atoms with van der Waals surface area (Å²) in [5.74, 6) is 0.863. The Kier molecular flexibility index (Phi) is 5.64. The molecule has 114 valence electrons. The smallest absolute Gasteiger partial charge is 0.0739 e. The number of aryl methyl sites for hydroxylation is 2. The largest absolute Gasteiger partial charge is 0.309 e. The van der Waals surface area contributed by atoms with Crippen LogP contribution in [0.25, 0.3) is 0 Å². The fourth-order valence-electron chi connectivity index (χ4n) is 3.08. The van der Waals surface area contributed by atoms with E-state index in [2.05, 4.69) is 63.5 Å². The van der Waals surface area contributed by atoms with Crippen molar-refractivity contribution in [3.8, 4) is 0 Å². The minimum atomic E-state index is 0.863. The molecular weight excluding hydrogens is 316 g/mol. The number of likely N-dealkylation sites (tertiary alicyclic amines) is 1. The number of aromatic nitrogens is 2. The lowest BCUT2D eigenvalue weighted by Gasteiger charge is -2.33. The summed E-state index contributed by atoms with van der Waals surface area (Å²) in [5.41, 5.74) is 2.43. The van der Waals surface area contributed by atoms with Gasteiger partial charge in [-0.2, -0.15) is 5.10 Å². The van der Waals surface area contributed by atoms with Crippen molar-refractivity contribution in [2.45, 2.75) is 39.8 Å². The maximum Gasteiger partial charge on any atom is 0.0739 e. The standard InChI is InChI=1S/C15H27BrN4/c1-5-20-14(15(16)12(2)17-20)11-19-8-6-13(7-9-19)10-18(3)4/h13H,5-11H2,1-4H3. The van der Waals surface area contributed by atoms with Crippen LogP contribution in [0.3, 0.4) is 0 Å². The van der Waals surface area contributed by atoms with Crippen LogP contribution < -0.4 is 0 Å². The maximum absolute atomic E-state index is 4.58. The molecule has 0 spiro atoms. The lowest BCUT2D eigenvalue weighted by Crippen LogP contribution is -2.37. The van der Waals surface area contributed by atoms with E-state index >= 15 is 0 Å². The Morgan fingerprint density at radius 3 is 2.50 bits per heavy atom. The fourth-order valence-corrected chi connectivity index (χ4v) is 3.48. The number of hydrogen-bond donors (Lipinski definition) is 0. The molecule has 1 aromatic rings. The second-order valence-corrected chi connectivity index (χ2v) is 6.94. The molecule has 1 aliphatic rings. The molecule has 0 aromatic carbocycles. The normalized spacial score (nSPS) is 18.1. The van der Waals surface area contributed by atoms with Crippen LogP contribution >= 0.6 is 15.9 Å². The van der Waals surface area contributed by atoms with Gasteiger partial charge in [0.05, 0.1) is 15.9 Å². The summed E-state index contributed by atoms with van der Waals surface area (Å²) in [7, 11) is 4.35. The molecule has 0 atom stereocenters. The highest BCUT2D eigenvalue weighted by atomic mass is 79.9. The van der Waals surface area contributed by atoms with Crippen LogP contribution in [0.4, 0.5) is 0 Å². The summed E-state index contributed by atoms with van der Waals surface area (Å²) in [5, 5.41) is 4.58. The molecule has 0 saturated carbocycles. The predicted octanol–water partition coefficient (Wildman–Crippen LogP) is 2.75. The average molecular weight is 343 g/mol. The molecule has 1 aromatic heterocycles. The summed E-state index contributed by atoms with van der Waals surface area (Å²) >= 11 is 3.70. The van der Waals surface area contributed by atoms with Crippen LogP contribution in [0.2, 0.25) is 0 Å². The lowest BCUT2D eigenvalue weighted by atomic mass is 9.96. The Hall–Kier alpha value is -0.390. The number of nitrogens with zero attached hydrogens (tertiary/aromatic N) is 4. The number of hydrogen-bond acceptors (Lipinski definition) is 3. The van der Waals surface area contributed by atoms with E-state index in [9.17, 15) is 0 Å². The van der Waals surface area contributed by atoms with Crippen molar-refractivity contribution in [3.63, 3.8) is 0 Å². The van der Waals surface area contributed by atoms with Gasteiger partial charge in [-0.05, 0) is 75.7 Å². The van der Waals surface area contributed by atoms with E-state index in [0.717, 1.165) is 24.7 Å². The average Bonchev–Trinajstić information content (AvgIpc) is 2.68. The molecule has 1 saturated heterocycles. The summed E-state index contributed by atoms with van der Waals surface area (Å²) in [6, 6.07) is 0. The van der Waals surface area contributed by atoms with Crippen LogP contribution in [0.5, 0.6) is 0 Å². The first kappa shape index (κ1) is 16.0. The van der Waals surface area contributed by atoms with Gasteiger partial charge in [-0.3, -0.25) is 9.58 Å². The van der Waals surface area contributed by atoms with Gasteiger partial charge < -0.3 is 4.90 Å². The van der Waals surface area contributed by atoms with Gasteiger partial charge in [0.1, 0.15) is 0 Å². The summed E-state index contributed by atoms with van der Waals surface area (Å²) in [4.78, 5) is 4.88. The topological polar surface area (TPSA) is 24.3 Å². The number of rotatable bonds is 5. The van der Waals surface area contributed by atoms with Gasteiger partial charge in [-0.1, -0.05) is 0 Å². The molecule has 0 N–H and O–H groups in total. The molecule has 0 aliphatic carbocycles. The molecule has 0 amide bonds. The molecule has 0 unspecified atom stereocenters. The van der Waals surface area contributed by atoms with E-state index in [1.165, 1.54) is 42.6 Å². The molecule has 0 radical (unpaired) electrons. The summed E-state index contributed by atoms with van der Waals surface area (Å²) in [6.45, 7) is 9.83. The van der Waals surface area contributed by atoms with E-state index in [1.54, 1.807) is 0 Å². The SMILES string of the molecule is CCn1nc(C)c(Br)c1CN1CCC(CN(C)C)CC1. The molecule has 20 heavy (non-hydrogen) atoms. The first-order valence-corrected chi connectivity index (χ1v) is 8.39. The van der Waals surface area contributed by atoms with Gasteiger partial charge >= 0.3 is 0 Å². The van der Waals surface area contributed by atoms with Crippen LogP contribution in [0.15, 0.2) is 4.47 Å². The van der Waals surface area contributed by atoms with Crippen LogP contribution in [0, 0.1) is 12.8 Å². The Morgan fingerprint density at radius 1 is 1.30 bits per heavy atom. The van der Waals surface area contributed by atoms with Gasteiger partial charge in [-0.25, -0.2) is 0 Å². The molecule has 0 bridgehead atoms. The Labute approximate surface area is 131 Å². The van der Waals surface area contributed by atoms with E-state index in [-0.39, 0.29) is 0 Å². The van der Waals surface area contributed by atoms with Crippen LogP contribution in [0.1, 0.15) is 31.2 Å². The molecule has 5 heteroatoms. The summed E-state index contributed by atoms with van der Waals surface area (Å²) < 4.78 is 3.32. The van der Waals surface area contributed by atoms with E-state index in [4.69, 9.17) is 0 Å². The van der Waals surface area contributed by atoms with Crippen molar-refractivity contribution < 1.29 is 0 Å². The first-order valence-electron chi connectivity index (χ1n) is 7.60. The van der Waals surface area contributed by atoms with Gasteiger partial charge in [-0.15, -0.1) is 0 Å². The number of halogens is 1. The zero-order valence-corrected chi connectivity index (χ0v) is 14.8. The Bertz CT molecular complexity index is 433. The van der Waals surface area contributed by atoms with Crippen molar-refractivity contribution in [1.29, 1.82) is 0 Å². The van der Waals surface area contributed by atoms with Gasteiger partial charge in [0, 0.05) is 19.6 Å². The fraction of sp³-hybridized carbons (Fsp3) is 0.800. The molecule has 1 aliphatic heterocycles. The Balaban J connectivity index is 1.93. The zero-order chi connectivity index (χ0) is 14.7. The lowest BCUT2D eigenvalue weighted by molar-refractivity contribution is 0.153. The van der Waals surface area contributed by atoms with Gasteiger partial charge in [0.2, 0.25) is 0 Å². The second kappa shape index (κ2) is 7.05. The molecule has 1 fully saturated rings. The molecule has 4 nitrogen and oxygen atoms in total. The van der Waals surface area contributed by atoms with Crippen molar-refractivity contribution in [1.82, 2.24) is 19.6 Å². The summed E-state index contributed by atoms with van der Waals surface area (Å²) in [6.07, 6.45) is 2.63. The van der Waals surface area contributed by atoms with Gasteiger partial charge in [0.25, 0.3) is 0 Å². The van der Waals surface area contributed by atoms with Gasteiger partial charge in [0.15, 0.2) is 0 Å². The van der Waals surface area contributed by atoms with E-state index in [1.807, 2.05) is 0 Å². The highest BCUT2D eigenvalue weighted by Gasteiger charge is 2.22. The predicted molar refractivity (Wildman–Crippen MR) is 86.9 cm³/mol. The van der Waals surface area contributed by atoms with Crippen molar-refractivity contribution in [2.24, 2.45) is 5.92 Å². The maximum atomic E-state index is 4.58. The first-order chi connectivity index (χ1) is 9.51.